The summed E-state index contributed by atoms with van der Waals surface area (Å²) < 4.78 is 38.3. The van der Waals surface area contributed by atoms with Gasteiger partial charge in [-0.2, -0.15) is 0 Å². The van der Waals surface area contributed by atoms with Crippen LogP contribution in [0.3, 0.4) is 0 Å². The zero-order valence-corrected chi connectivity index (χ0v) is 18.9. The van der Waals surface area contributed by atoms with Crippen LogP contribution in [0.5, 0.6) is 5.75 Å². The molecular formula is C21H30N4O6S. The first-order valence-corrected chi connectivity index (χ1v) is 12.8. The molecule has 0 aromatic heterocycles. The Bertz CT molecular complexity index is 955. The van der Waals surface area contributed by atoms with Crippen molar-refractivity contribution < 1.29 is 27.5 Å². The number of para-hydroxylation sites is 1. The van der Waals surface area contributed by atoms with E-state index in [1.807, 2.05) is 6.07 Å². The number of benzene rings is 1. The van der Waals surface area contributed by atoms with Crippen LogP contribution in [0, 0.1) is 0 Å². The Morgan fingerprint density at radius 3 is 2.75 bits per heavy atom. The molecule has 0 saturated carbocycles. The van der Waals surface area contributed by atoms with Gasteiger partial charge in [0.25, 0.3) is 5.91 Å². The molecule has 176 valence electrons. The maximum Gasteiger partial charge on any atom is 0.258 e. The number of amides is 2. The van der Waals surface area contributed by atoms with Gasteiger partial charge in [-0.3, -0.25) is 9.59 Å². The van der Waals surface area contributed by atoms with Crippen LogP contribution >= 0.6 is 0 Å². The molecule has 2 amide bonds. The van der Waals surface area contributed by atoms with E-state index in [1.54, 1.807) is 23.1 Å². The number of fused-ring (bicyclic) bond motifs is 4. The highest BCUT2D eigenvalue weighted by atomic mass is 32.2. The zero-order chi connectivity index (χ0) is 22.7. The zero-order valence-electron chi connectivity index (χ0n) is 18.1. The van der Waals surface area contributed by atoms with Crippen molar-refractivity contribution in [3.8, 4) is 5.75 Å². The van der Waals surface area contributed by atoms with E-state index in [4.69, 9.17) is 9.47 Å². The Morgan fingerprint density at radius 2 is 1.94 bits per heavy atom. The summed E-state index contributed by atoms with van der Waals surface area (Å²) in [5.74, 6) is -0.0616. The summed E-state index contributed by atoms with van der Waals surface area (Å²) in [5.41, 5.74) is 0.434. The molecule has 0 radical (unpaired) electrons. The van der Waals surface area contributed by atoms with Crippen molar-refractivity contribution in [1.29, 1.82) is 0 Å². The van der Waals surface area contributed by atoms with E-state index < -0.39 is 28.2 Å². The molecule has 2 bridgehead atoms. The number of hydrogen-bond acceptors (Lipinski definition) is 7. The second kappa shape index (κ2) is 9.74. The van der Waals surface area contributed by atoms with Crippen LogP contribution in [0.1, 0.15) is 29.6 Å². The standard InChI is InChI=1S/C21H30N4O6S/c1-32(28,29)24-16-7-6-14-8-11-30-18-5-3-2-4-15(18)21(27)25-10-9-22-12-17(25)20(26)23-13-19(16)31-14/h2-5,14,16-17,19,22,24H,6-13H2,1H3,(H,23,26)/t14-,16+,17-,19+/m0/s1. The van der Waals surface area contributed by atoms with Gasteiger partial charge in [-0.15, -0.1) is 0 Å². The summed E-state index contributed by atoms with van der Waals surface area (Å²) in [5, 5.41) is 6.06. The quantitative estimate of drug-likeness (QED) is 0.535. The lowest BCUT2D eigenvalue weighted by molar-refractivity contribution is -0.128. The van der Waals surface area contributed by atoms with Crippen molar-refractivity contribution in [1.82, 2.24) is 20.3 Å². The lowest BCUT2D eigenvalue weighted by Gasteiger charge is -2.39. The molecule has 1 aromatic carbocycles. The third-order valence-corrected chi connectivity index (χ3v) is 6.81. The van der Waals surface area contributed by atoms with Crippen LogP contribution in [0.4, 0.5) is 0 Å². The predicted molar refractivity (Wildman–Crippen MR) is 117 cm³/mol. The molecule has 3 aliphatic heterocycles. The number of nitrogens with one attached hydrogen (secondary N) is 3. The van der Waals surface area contributed by atoms with E-state index in [0.29, 0.717) is 56.8 Å². The topological polar surface area (TPSA) is 126 Å². The van der Waals surface area contributed by atoms with Gasteiger partial charge < -0.3 is 25.0 Å². The van der Waals surface area contributed by atoms with Crippen molar-refractivity contribution in [2.75, 3.05) is 39.0 Å². The molecule has 4 rings (SSSR count). The van der Waals surface area contributed by atoms with E-state index >= 15 is 0 Å². The molecule has 1 aromatic rings. The first kappa shape index (κ1) is 23.0. The van der Waals surface area contributed by atoms with Crippen LogP contribution < -0.4 is 20.1 Å². The van der Waals surface area contributed by atoms with Crippen molar-refractivity contribution in [2.24, 2.45) is 0 Å². The monoisotopic (exact) mass is 466 g/mol. The highest BCUT2D eigenvalue weighted by Gasteiger charge is 2.37. The molecule has 4 atom stereocenters. The van der Waals surface area contributed by atoms with Crippen molar-refractivity contribution in [3.05, 3.63) is 29.8 Å². The fourth-order valence-corrected chi connectivity index (χ4v) is 5.32. The number of sulfonamides is 1. The molecule has 2 fully saturated rings. The first-order chi connectivity index (χ1) is 15.3. The number of carbonyl (C=O) groups excluding carboxylic acids is 2. The SMILES string of the molecule is CS(=O)(=O)N[C@@H]1CC[C@H]2CCOc3ccccc3C(=O)N3CCNC[C@H]3C(=O)NC[C@H]1O2. The van der Waals surface area contributed by atoms with Crippen LogP contribution in [-0.4, -0.2) is 88.5 Å². The van der Waals surface area contributed by atoms with Crippen molar-refractivity contribution >= 4 is 21.8 Å². The number of rotatable bonds is 2. The van der Waals surface area contributed by atoms with Gasteiger partial charge >= 0.3 is 0 Å². The Balaban J connectivity index is 1.60. The van der Waals surface area contributed by atoms with Gasteiger partial charge in [0, 0.05) is 38.6 Å². The second-order valence-corrected chi connectivity index (χ2v) is 10.2. The van der Waals surface area contributed by atoms with Gasteiger partial charge in [0.05, 0.1) is 30.6 Å². The fraction of sp³-hybridized carbons (Fsp3) is 0.619. The summed E-state index contributed by atoms with van der Waals surface area (Å²) >= 11 is 0. The Labute approximate surface area is 188 Å². The average Bonchev–Trinajstić information content (AvgIpc) is 2.77. The molecule has 3 N–H and O–H groups in total. The third-order valence-electron chi connectivity index (χ3n) is 6.08. The van der Waals surface area contributed by atoms with Crippen LogP contribution in [-0.2, 0) is 19.6 Å². The molecule has 11 heteroatoms. The summed E-state index contributed by atoms with van der Waals surface area (Å²) in [6.45, 7) is 1.83. The Kier molecular flexibility index (Phi) is 6.99. The summed E-state index contributed by atoms with van der Waals surface area (Å²) in [6, 6.07) is 5.95. The van der Waals surface area contributed by atoms with Gasteiger partial charge in [0.2, 0.25) is 15.9 Å². The normalized spacial score (nSPS) is 29.7. The maximum atomic E-state index is 13.3. The fourth-order valence-electron chi connectivity index (χ4n) is 4.50. The number of ether oxygens (including phenoxy) is 2. The van der Waals surface area contributed by atoms with Crippen LogP contribution in [0.15, 0.2) is 24.3 Å². The van der Waals surface area contributed by atoms with E-state index in [9.17, 15) is 18.0 Å². The molecule has 0 spiro atoms. The van der Waals surface area contributed by atoms with Gasteiger partial charge in [0.1, 0.15) is 11.8 Å². The van der Waals surface area contributed by atoms with Gasteiger partial charge in [-0.1, -0.05) is 12.1 Å². The predicted octanol–water partition coefficient (Wildman–Crippen LogP) is -0.535. The Morgan fingerprint density at radius 1 is 1.12 bits per heavy atom. The van der Waals surface area contributed by atoms with Gasteiger partial charge in [-0.25, -0.2) is 13.1 Å². The minimum absolute atomic E-state index is 0.131. The van der Waals surface area contributed by atoms with Gasteiger partial charge in [0.15, 0.2) is 0 Å². The molecule has 2 saturated heterocycles. The highest BCUT2D eigenvalue weighted by Crippen LogP contribution is 2.25. The number of piperazine rings is 1. The van der Waals surface area contributed by atoms with Crippen molar-refractivity contribution in [3.63, 3.8) is 0 Å². The molecule has 32 heavy (non-hydrogen) atoms. The van der Waals surface area contributed by atoms with Crippen molar-refractivity contribution in [2.45, 2.75) is 43.6 Å². The molecule has 0 aliphatic carbocycles. The van der Waals surface area contributed by atoms with E-state index in [1.165, 1.54) is 0 Å². The Hall–Kier alpha value is -2.21. The summed E-state index contributed by atoms with van der Waals surface area (Å²) in [7, 11) is -3.42. The summed E-state index contributed by atoms with van der Waals surface area (Å²) in [6.07, 6.45) is 2.33. The molecule has 0 unspecified atom stereocenters. The lowest BCUT2D eigenvalue weighted by Crippen LogP contribution is -2.61. The van der Waals surface area contributed by atoms with Crippen LogP contribution in [0.2, 0.25) is 0 Å². The van der Waals surface area contributed by atoms with Gasteiger partial charge in [-0.05, 0) is 25.0 Å². The number of hydrogen-bond donors (Lipinski definition) is 3. The largest absolute Gasteiger partial charge is 0.493 e. The lowest BCUT2D eigenvalue weighted by atomic mass is 9.97. The van der Waals surface area contributed by atoms with E-state index in [-0.39, 0.29) is 24.5 Å². The minimum atomic E-state index is -3.42. The summed E-state index contributed by atoms with van der Waals surface area (Å²) in [4.78, 5) is 28.0. The molecule has 10 nitrogen and oxygen atoms in total. The molecular weight excluding hydrogens is 436 g/mol. The second-order valence-electron chi connectivity index (χ2n) is 8.47. The van der Waals surface area contributed by atoms with E-state index in [0.717, 1.165) is 6.26 Å². The highest BCUT2D eigenvalue weighted by molar-refractivity contribution is 7.88. The number of nitrogens with zero attached hydrogens (tertiary/aromatic N) is 1. The molecule has 3 aliphatic rings. The minimum Gasteiger partial charge on any atom is -0.493 e. The third kappa shape index (κ3) is 5.40. The average molecular weight is 467 g/mol. The smallest absolute Gasteiger partial charge is 0.258 e. The van der Waals surface area contributed by atoms with Crippen LogP contribution in [0.25, 0.3) is 0 Å². The van der Waals surface area contributed by atoms with E-state index in [2.05, 4.69) is 15.4 Å². The number of carbonyl (C=O) groups is 2. The maximum absolute atomic E-state index is 13.3. The molecule has 3 heterocycles. The first-order valence-electron chi connectivity index (χ1n) is 11.0.